The normalized spacial score (nSPS) is 15.7. The number of hydrogen-bond donors (Lipinski definition) is 20. The second-order valence-corrected chi connectivity index (χ2v) is 29.1. The minimum absolute atomic E-state index is 0.0382. The van der Waals surface area contributed by atoms with Crippen LogP contribution in [-0.2, 0) is 107 Å². The number of fused-ring (bicyclic) bond motifs is 1. The Kier molecular flexibility index (Phi) is 43.4. The van der Waals surface area contributed by atoms with Crippen LogP contribution in [0.25, 0.3) is 10.9 Å². The fourth-order valence-electron chi connectivity index (χ4n) is 12.7. The number of nitrogens with one attached hydrogen (secondary N) is 11. The van der Waals surface area contributed by atoms with E-state index in [0.717, 1.165) is 0 Å². The van der Waals surface area contributed by atoms with Crippen LogP contribution >= 0.6 is 25.3 Å². The minimum Gasteiger partial charge on any atom is -0.480 e. The van der Waals surface area contributed by atoms with Gasteiger partial charge in [-0.05, 0) is 61.1 Å². The molecule has 9 amide bonds. The molecule has 0 spiro atoms. The number of aliphatic hydroxyl groups excluding tert-OH is 2. The molecule has 1 aliphatic rings. The molecule has 1 aromatic heterocycles. The molecule has 0 aliphatic carbocycles. The lowest BCUT2D eigenvalue weighted by atomic mass is 10.00. The van der Waals surface area contributed by atoms with Gasteiger partial charge in [0, 0.05) is 107 Å². The van der Waals surface area contributed by atoms with Crippen molar-refractivity contribution < 1.29 is 112 Å². The van der Waals surface area contributed by atoms with Gasteiger partial charge in [0.25, 0.3) is 0 Å². The second-order valence-electron chi connectivity index (χ2n) is 28.4. The number of nitrogens with zero attached hydrogens (tertiary/aromatic N) is 4. The third kappa shape index (κ3) is 35.7. The van der Waals surface area contributed by atoms with Gasteiger partial charge in [-0.1, -0.05) is 109 Å². The van der Waals surface area contributed by atoms with E-state index in [2.05, 4.69) is 83.6 Å². The molecule has 2 heterocycles. The van der Waals surface area contributed by atoms with Gasteiger partial charge in [0.15, 0.2) is 0 Å². The first-order chi connectivity index (χ1) is 57.6. The molecule has 10 atom stereocenters. The Morgan fingerprint density at radius 1 is 0.450 bits per heavy atom. The third-order valence-corrected chi connectivity index (χ3v) is 19.8. The first kappa shape index (κ1) is 98.1. The summed E-state index contributed by atoms with van der Waals surface area (Å²) in [6, 6.07) is 18.5. The van der Waals surface area contributed by atoms with Crippen LogP contribution in [0.4, 0.5) is 0 Å². The predicted octanol–water partition coefficient (Wildman–Crippen LogP) is -4.20. The molecule has 120 heavy (non-hydrogen) atoms. The maximum atomic E-state index is 15.2. The number of nitrogens with two attached hydrogens (primary N) is 1. The molecular weight excluding hydrogens is 1610 g/mol. The number of aliphatic hydroxyl groups is 2. The first-order valence-electron chi connectivity index (χ1n) is 39.0. The Bertz CT molecular complexity index is 4110. The maximum Gasteiger partial charge on any atom is 0.327 e. The highest BCUT2D eigenvalue weighted by atomic mass is 32.1. The first-order valence-corrected chi connectivity index (χ1v) is 40.3. The van der Waals surface area contributed by atoms with Gasteiger partial charge in [0.05, 0.1) is 65.3 Å². The molecular formula is C79H110N16O23S2. The van der Waals surface area contributed by atoms with E-state index in [1.165, 1.54) is 6.92 Å². The number of carboxylic acids is 4. The van der Waals surface area contributed by atoms with E-state index in [9.17, 15) is 88.2 Å². The molecule has 19 N–H and O–H groups in total. The number of H-pyrrole nitrogens is 1. The number of para-hydroxylation sites is 1. The molecule has 39 nitrogen and oxygen atoms in total. The van der Waals surface area contributed by atoms with Crippen LogP contribution in [-0.4, -0.2) is 335 Å². The molecule has 6 rings (SSSR count). The van der Waals surface area contributed by atoms with Crippen LogP contribution in [0, 0.1) is 0 Å². The second kappa shape index (κ2) is 53.1. The van der Waals surface area contributed by atoms with Crippen LogP contribution in [0.2, 0.25) is 0 Å². The average molecular weight is 1720 g/mol. The Balaban J connectivity index is 1.11. The fraction of sp³-hybridized carbons (Fsp3) is 0.494. The van der Waals surface area contributed by atoms with Gasteiger partial charge >= 0.3 is 29.8 Å². The Hall–Kier alpha value is -10.7. The van der Waals surface area contributed by atoms with E-state index < -0.39 is 157 Å². The van der Waals surface area contributed by atoms with E-state index in [4.69, 9.17) is 20.0 Å². The summed E-state index contributed by atoms with van der Waals surface area (Å²) in [5.74, 6) is -14.4. The van der Waals surface area contributed by atoms with Crippen molar-refractivity contribution in [1.82, 2.24) is 77.9 Å². The van der Waals surface area contributed by atoms with E-state index >= 15 is 9.59 Å². The number of rotatable bonds is 51. The van der Waals surface area contributed by atoms with Gasteiger partial charge in [0.1, 0.15) is 61.0 Å². The lowest BCUT2D eigenvalue weighted by Crippen LogP contribution is -2.62. The highest BCUT2D eigenvalue weighted by molar-refractivity contribution is 7.80. The smallest absolute Gasteiger partial charge is 0.327 e. The van der Waals surface area contributed by atoms with E-state index in [1.54, 1.807) is 141 Å². The molecule has 5 aromatic rings. The lowest BCUT2D eigenvalue weighted by molar-refractivity contribution is -0.147. The number of ether oxygens (including phenoxy) is 2. The number of aromatic nitrogens is 1. The third-order valence-electron chi connectivity index (χ3n) is 19.1. The van der Waals surface area contributed by atoms with Crippen molar-refractivity contribution in [2.24, 2.45) is 5.73 Å². The van der Waals surface area contributed by atoms with Crippen LogP contribution in [0.1, 0.15) is 48.4 Å². The number of carbonyl (C=O) groups excluding carboxylic acids is 10. The number of hydrogen-bond acceptors (Lipinski definition) is 27. The highest BCUT2D eigenvalue weighted by Crippen LogP contribution is 2.21. The summed E-state index contributed by atoms with van der Waals surface area (Å²) < 4.78 is 10.9. The number of carbonyl (C=O) groups is 14. The highest BCUT2D eigenvalue weighted by Gasteiger charge is 2.38. The summed E-state index contributed by atoms with van der Waals surface area (Å²) in [5, 5.41) is 83.2. The van der Waals surface area contributed by atoms with Crippen molar-refractivity contribution in [2.75, 3.05) is 136 Å². The molecule has 0 saturated carbocycles. The number of thiol groups is 2. The van der Waals surface area contributed by atoms with E-state index in [-0.39, 0.29) is 162 Å². The molecule has 0 unspecified atom stereocenters. The zero-order chi connectivity index (χ0) is 87.5. The average Bonchev–Trinajstić information content (AvgIpc) is 1.67. The summed E-state index contributed by atoms with van der Waals surface area (Å²) >= 11 is 8.28. The summed E-state index contributed by atoms with van der Waals surface area (Å²) in [6.07, 6.45) is -0.372. The maximum absolute atomic E-state index is 15.2. The van der Waals surface area contributed by atoms with Crippen molar-refractivity contribution in [1.29, 1.82) is 0 Å². The number of aromatic amines is 1. The largest absolute Gasteiger partial charge is 0.480 e. The van der Waals surface area contributed by atoms with Crippen molar-refractivity contribution >= 4 is 119 Å². The fourth-order valence-corrected chi connectivity index (χ4v) is 13.2. The number of amides is 9. The van der Waals surface area contributed by atoms with Gasteiger partial charge in [-0.3, -0.25) is 86.8 Å². The number of hydroxylamine groups is 1. The zero-order valence-electron chi connectivity index (χ0n) is 66.5. The quantitative estimate of drug-likeness (QED) is 0.00760. The predicted molar refractivity (Wildman–Crippen MR) is 441 cm³/mol. The minimum atomic E-state index is -1.84. The molecule has 1 saturated heterocycles. The Morgan fingerprint density at radius 2 is 0.842 bits per heavy atom. The van der Waals surface area contributed by atoms with Crippen LogP contribution in [0.3, 0.4) is 0 Å². The van der Waals surface area contributed by atoms with Crippen molar-refractivity contribution in [2.45, 2.75) is 112 Å². The summed E-state index contributed by atoms with van der Waals surface area (Å²) in [4.78, 5) is 204. The topological polar surface area (TPSA) is 563 Å². The standard InChI is InChI=1S/C79H110N16O23S2/c1-50(97)70(78(113)88-60(39-53-19-9-4-10-20-53)74(109)89-62(47-96)76(111)90-64(49-120)79(114)115)91-71(106)57(23-13-14-24-80)84-75(110)61(40-54-41-81-56-22-12-11-21-55(54)56)87-73(108)58(37-51-15-5-2-6-16-51)85-72(107)59(38-52-17-7-3-8-18-52)86-77(112)63(48-119)83-65(98)42-82-118-36-34-116-33-35-117-69(105)46-95-31-29-93(44-67(101)102)27-25-92(43-66(99)100)26-28-94(30-32-95)45-68(103)104/h2-12,15-22,41,50,57-64,70,81-82,96-97,119-120H,13-14,23-40,42-49,80H2,1H3,(H,83,98)(H,84,110)(H,85,107)(H,86,112)(H,87,108)(H,88,113)(H,89,109)(H,90,111)(H,91,106)(H,99,100)(H,101,102)(H,103,104)(H,114,115)/t50-,57+,58+,59+,60+,61-,62+,63+,64+,70+/m1/s1. The van der Waals surface area contributed by atoms with E-state index in [0.29, 0.717) is 39.6 Å². The van der Waals surface area contributed by atoms with Crippen LogP contribution in [0.15, 0.2) is 121 Å². The lowest BCUT2D eigenvalue weighted by Gasteiger charge is -2.32. The molecule has 1 fully saturated rings. The number of aliphatic carboxylic acids is 4. The molecule has 4 aromatic carbocycles. The number of benzene rings is 4. The van der Waals surface area contributed by atoms with Gasteiger partial charge in [-0.25, -0.2) is 4.79 Å². The summed E-state index contributed by atoms with van der Waals surface area (Å²) in [6.45, 7) is -0.103. The number of unbranched alkanes of at least 4 members (excludes halogenated alkanes) is 1. The van der Waals surface area contributed by atoms with Gasteiger partial charge in [0.2, 0.25) is 53.2 Å². The van der Waals surface area contributed by atoms with Crippen molar-refractivity contribution in [3.63, 3.8) is 0 Å². The molecule has 1 aliphatic heterocycles. The molecule has 656 valence electrons. The van der Waals surface area contributed by atoms with Crippen molar-refractivity contribution in [3.8, 4) is 0 Å². The number of carboxylic acid groups (broad SMARTS) is 4. The number of esters is 1. The van der Waals surface area contributed by atoms with Crippen molar-refractivity contribution in [3.05, 3.63) is 144 Å². The molecule has 41 heteroatoms. The summed E-state index contributed by atoms with van der Waals surface area (Å²) in [5.41, 5.74) is 11.2. The van der Waals surface area contributed by atoms with Gasteiger partial charge < -0.3 is 98.7 Å². The molecule has 0 bridgehead atoms. The monoisotopic (exact) mass is 1710 g/mol. The van der Waals surface area contributed by atoms with Gasteiger partial charge in [-0.15, -0.1) is 0 Å². The SMILES string of the molecule is C[C@@H](O)[C@H](NC(=O)[C@H](CCCCN)NC(=O)[C@@H](Cc1c[nH]c2ccccc12)NC(=O)[C@H](Cc1ccccc1)NC(=O)[C@H](Cc1ccccc1)NC(=O)[C@H](CS)NC(=O)CNOCCOCCOC(=O)CN1CCN(CC(=O)O)CCN(CC(=O)O)CCN(CC(=O)O)CC1)C(=O)N[C@@H](Cc1ccccc1)C(=O)N[C@@H](CO)C(=O)N[C@@H](CS)C(=O)O. The Morgan fingerprint density at radius 3 is 1.28 bits per heavy atom. The van der Waals surface area contributed by atoms with Gasteiger partial charge in [-0.2, -0.15) is 30.7 Å². The summed E-state index contributed by atoms with van der Waals surface area (Å²) in [7, 11) is 0. The van der Waals surface area contributed by atoms with Crippen LogP contribution in [0.5, 0.6) is 0 Å². The van der Waals surface area contributed by atoms with E-state index in [1.807, 2.05) is 0 Å². The Labute approximate surface area is 703 Å². The zero-order valence-corrected chi connectivity index (χ0v) is 68.3. The van der Waals surface area contributed by atoms with Crippen LogP contribution < -0.4 is 59.1 Å². The molecule has 0 radical (unpaired) electrons.